The predicted molar refractivity (Wildman–Crippen MR) is 105 cm³/mol. The van der Waals surface area contributed by atoms with Crippen LogP contribution in [0.2, 0.25) is 0 Å². The smallest absolute Gasteiger partial charge is 0.340 e. The minimum Gasteiger partial charge on any atom is -0.465 e. The summed E-state index contributed by atoms with van der Waals surface area (Å²) in [6.45, 7) is 4.11. The number of nitrogens with one attached hydrogen (secondary N) is 2. The van der Waals surface area contributed by atoms with Gasteiger partial charge in [0.1, 0.15) is 0 Å². The molecule has 2 N–H and O–H groups in total. The molecule has 2 aromatic carbocycles. The van der Waals surface area contributed by atoms with Crippen LogP contribution in [0.25, 0.3) is 22.2 Å². The summed E-state index contributed by atoms with van der Waals surface area (Å²) in [5.41, 5.74) is 2.82. The third-order valence-electron chi connectivity index (χ3n) is 4.33. The van der Waals surface area contributed by atoms with Gasteiger partial charge in [-0.3, -0.25) is 0 Å². The second-order valence-corrected chi connectivity index (χ2v) is 8.04. The highest BCUT2D eigenvalue weighted by molar-refractivity contribution is 7.89. The summed E-state index contributed by atoms with van der Waals surface area (Å²) in [5, 5.41) is 0.686. The van der Waals surface area contributed by atoms with Crippen molar-refractivity contribution in [2.45, 2.75) is 25.2 Å². The highest BCUT2D eigenvalue weighted by Crippen LogP contribution is 2.35. The van der Waals surface area contributed by atoms with Gasteiger partial charge in [0.15, 0.2) is 0 Å². The van der Waals surface area contributed by atoms with Crippen molar-refractivity contribution in [3.05, 3.63) is 53.6 Å². The molecule has 0 aliphatic carbocycles. The molecule has 0 aliphatic heterocycles. The fourth-order valence-corrected chi connectivity index (χ4v) is 4.37. The molecule has 0 aliphatic rings. The zero-order valence-corrected chi connectivity index (χ0v) is 16.3. The maximum Gasteiger partial charge on any atom is 0.340 e. The number of para-hydroxylation sites is 1. The largest absolute Gasteiger partial charge is 0.465 e. The van der Waals surface area contributed by atoms with Gasteiger partial charge in [-0.25, -0.2) is 17.9 Å². The van der Waals surface area contributed by atoms with Gasteiger partial charge in [0.25, 0.3) is 0 Å². The van der Waals surface area contributed by atoms with Crippen molar-refractivity contribution in [2.75, 3.05) is 13.7 Å². The molecule has 27 heavy (non-hydrogen) atoms. The van der Waals surface area contributed by atoms with Gasteiger partial charge in [-0.15, -0.1) is 0 Å². The molecule has 0 radical (unpaired) electrons. The summed E-state index contributed by atoms with van der Waals surface area (Å²) >= 11 is 0. The van der Waals surface area contributed by atoms with Crippen LogP contribution >= 0.6 is 0 Å². The van der Waals surface area contributed by atoms with Crippen LogP contribution in [0.5, 0.6) is 0 Å². The van der Waals surface area contributed by atoms with Crippen LogP contribution in [-0.2, 0) is 14.8 Å². The lowest BCUT2D eigenvalue weighted by molar-refractivity contribution is 0.0604. The van der Waals surface area contributed by atoms with Gasteiger partial charge in [-0.05, 0) is 31.5 Å². The first-order valence-electron chi connectivity index (χ1n) is 8.68. The predicted octanol–water partition coefficient (Wildman–Crippen LogP) is 3.62. The Kier molecular flexibility index (Phi) is 5.34. The Morgan fingerprint density at radius 1 is 1.19 bits per heavy atom. The lowest BCUT2D eigenvalue weighted by Gasteiger charge is -2.13. The van der Waals surface area contributed by atoms with Crippen LogP contribution in [0.3, 0.4) is 0 Å². The maximum absolute atomic E-state index is 12.8. The van der Waals surface area contributed by atoms with Gasteiger partial charge < -0.3 is 9.72 Å². The van der Waals surface area contributed by atoms with Gasteiger partial charge in [0.2, 0.25) is 10.0 Å². The number of aromatic amines is 1. The third-order valence-corrected chi connectivity index (χ3v) is 5.85. The van der Waals surface area contributed by atoms with Crippen LogP contribution in [0, 0.1) is 6.92 Å². The number of hydrogen-bond donors (Lipinski definition) is 2. The number of hydrogen-bond acceptors (Lipinski definition) is 4. The number of esters is 1. The molecule has 7 heteroatoms. The molecule has 6 nitrogen and oxygen atoms in total. The van der Waals surface area contributed by atoms with E-state index < -0.39 is 16.0 Å². The van der Waals surface area contributed by atoms with E-state index in [0.717, 1.165) is 11.1 Å². The molecule has 0 spiro atoms. The van der Waals surface area contributed by atoms with Crippen LogP contribution in [-0.4, -0.2) is 33.0 Å². The Morgan fingerprint density at radius 2 is 1.93 bits per heavy atom. The molecule has 0 unspecified atom stereocenters. The molecular formula is C20H22N2O4S. The highest BCUT2D eigenvalue weighted by atomic mass is 32.2. The first kappa shape index (κ1) is 19.1. The van der Waals surface area contributed by atoms with Crippen LogP contribution in [0.1, 0.15) is 29.3 Å². The first-order chi connectivity index (χ1) is 12.9. The van der Waals surface area contributed by atoms with Crippen LogP contribution in [0.15, 0.2) is 47.4 Å². The summed E-state index contributed by atoms with van der Waals surface area (Å²) in [6.07, 6.45) is 0.681. The van der Waals surface area contributed by atoms with Gasteiger partial charge >= 0.3 is 5.97 Å². The number of H-pyrrole nitrogens is 1. The monoisotopic (exact) mass is 386 g/mol. The quantitative estimate of drug-likeness (QED) is 0.634. The molecule has 0 bridgehead atoms. The average molecular weight is 386 g/mol. The second-order valence-electron chi connectivity index (χ2n) is 6.31. The Bertz CT molecular complexity index is 1100. The van der Waals surface area contributed by atoms with Gasteiger partial charge in [0.05, 0.1) is 23.3 Å². The van der Waals surface area contributed by atoms with E-state index in [9.17, 15) is 13.2 Å². The summed E-state index contributed by atoms with van der Waals surface area (Å²) in [6, 6.07) is 12.4. The van der Waals surface area contributed by atoms with Crippen LogP contribution in [0.4, 0.5) is 0 Å². The maximum atomic E-state index is 12.8. The van der Waals surface area contributed by atoms with Gasteiger partial charge in [-0.2, -0.15) is 0 Å². The molecule has 1 heterocycles. The fourth-order valence-electron chi connectivity index (χ4n) is 3.05. The topological polar surface area (TPSA) is 88.3 Å². The van der Waals surface area contributed by atoms with E-state index in [0.29, 0.717) is 35.2 Å². The van der Waals surface area contributed by atoms with Crippen molar-refractivity contribution in [2.24, 2.45) is 0 Å². The number of ether oxygens (including phenoxy) is 1. The molecule has 0 atom stereocenters. The van der Waals surface area contributed by atoms with Crippen molar-refractivity contribution in [3.8, 4) is 11.3 Å². The number of rotatable bonds is 6. The van der Waals surface area contributed by atoms with E-state index in [2.05, 4.69) is 9.71 Å². The summed E-state index contributed by atoms with van der Waals surface area (Å²) in [5.74, 6) is -0.520. The average Bonchev–Trinajstić information content (AvgIpc) is 3.05. The lowest BCUT2D eigenvalue weighted by Crippen LogP contribution is -2.25. The molecular weight excluding hydrogens is 364 g/mol. The minimum atomic E-state index is -3.73. The molecule has 3 aromatic rings. The molecule has 0 amide bonds. The van der Waals surface area contributed by atoms with Crippen molar-refractivity contribution in [1.29, 1.82) is 0 Å². The van der Waals surface area contributed by atoms with Crippen molar-refractivity contribution < 1.29 is 17.9 Å². The molecule has 0 fully saturated rings. The molecule has 0 saturated heterocycles. The van der Waals surface area contributed by atoms with E-state index in [-0.39, 0.29) is 4.90 Å². The molecule has 3 rings (SSSR count). The van der Waals surface area contributed by atoms with E-state index in [1.54, 1.807) is 24.3 Å². The number of carbonyl (C=O) groups is 1. The molecule has 1 aromatic heterocycles. The van der Waals surface area contributed by atoms with Gasteiger partial charge in [0, 0.05) is 23.0 Å². The van der Waals surface area contributed by atoms with Crippen molar-refractivity contribution in [3.63, 3.8) is 0 Å². The number of aryl methyl sites for hydroxylation is 1. The Balaban J connectivity index is 2.32. The number of fused-ring (bicyclic) bond motifs is 1. The normalized spacial score (nSPS) is 11.7. The van der Waals surface area contributed by atoms with Crippen LogP contribution < -0.4 is 4.72 Å². The number of benzene rings is 2. The third kappa shape index (κ3) is 3.61. The van der Waals surface area contributed by atoms with E-state index in [1.165, 1.54) is 7.11 Å². The Morgan fingerprint density at radius 3 is 2.63 bits per heavy atom. The number of aromatic nitrogens is 1. The van der Waals surface area contributed by atoms with Crippen molar-refractivity contribution >= 4 is 26.9 Å². The Labute approximate surface area is 158 Å². The first-order valence-corrected chi connectivity index (χ1v) is 10.2. The fraction of sp³-hybridized carbons (Fsp3) is 0.250. The number of carbonyl (C=O) groups excluding carboxylic acids is 1. The van der Waals surface area contributed by atoms with E-state index in [1.807, 2.05) is 32.0 Å². The Hall–Kier alpha value is -2.64. The highest BCUT2D eigenvalue weighted by Gasteiger charge is 2.26. The summed E-state index contributed by atoms with van der Waals surface area (Å²) in [4.78, 5) is 15.8. The number of methoxy groups -OCH3 is 1. The lowest BCUT2D eigenvalue weighted by atomic mass is 10.0. The SMILES string of the molecule is CCCNS(=O)(=O)c1ccc(C)cc1-c1[nH]c2ccccc2c1C(=O)OC. The van der Waals surface area contributed by atoms with Gasteiger partial charge in [-0.1, -0.05) is 36.8 Å². The molecule has 0 saturated carbocycles. The summed E-state index contributed by atoms with van der Waals surface area (Å²) < 4.78 is 33.2. The number of sulfonamides is 1. The summed E-state index contributed by atoms with van der Waals surface area (Å²) in [7, 11) is -2.42. The van der Waals surface area contributed by atoms with Crippen molar-refractivity contribution in [1.82, 2.24) is 9.71 Å². The standard InChI is InChI=1S/C20H22N2O4S/c1-4-11-21-27(24,25)17-10-9-13(2)12-15(17)19-18(20(23)26-3)14-7-5-6-8-16(14)22-19/h5-10,12,21-22H,4,11H2,1-3H3. The second kappa shape index (κ2) is 7.54. The van der Waals surface area contributed by atoms with E-state index in [4.69, 9.17) is 4.74 Å². The zero-order chi connectivity index (χ0) is 19.6. The minimum absolute atomic E-state index is 0.123. The molecule has 142 valence electrons. The zero-order valence-electron chi connectivity index (χ0n) is 15.5. The van der Waals surface area contributed by atoms with E-state index >= 15 is 0 Å².